The van der Waals surface area contributed by atoms with Crippen molar-refractivity contribution in [3.05, 3.63) is 64.7 Å². The largest absolute Gasteiger partial charge is 0.370 e. The van der Waals surface area contributed by atoms with Gasteiger partial charge >= 0.3 is 0 Å². The fraction of sp³-hybridized carbons (Fsp3) is 0.263. The van der Waals surface area contributed by atoms with Gasteiger partial charge in [-0.3, -0.25) is 4.79 Å². The average molecular weight is 324 g/mol. The summed E-state index contributed by atoms with van der Waals surface area (Å²) in [5.41, 5.74) is 10.9. The van der Waals surface area contributed by atoms with Gasteiger partial charge in [0.1, 0.15) is 0 Å². The van der Waals surface area contributed by atoms with Crippen LogP contribution in [-0.4, -0.2) is 18.4 Å². The Labute approximate surface area is 143 Å². The zero-order chi connectivity index (χ0) is 17.5. The number of nitrogens with zero attached hydrogens (tertiary/aromatic N) is 1. The molecular weight excluding hydrogens is 300 g/mol. The molecule has 0 aliphatic heterocycles. The number of anilines is 1. The molecule has 126 valence electrons. The summed E-state index contributed by atoms with van der Waals surface area (Å²) in [4.78, 5) is 16.2. The lowest BCUT2D eigenvalue weighted by molar-refractivity contribution is 0.0955. The molecule has 5 heteroatoms. The third kappa shape index (κ3) is 4.84. The summed E-state index contributed by atoms with van der Waals surface area (Å²) in [6, 6.07) is 13.4. The number of nitrogens with one attached hydrogen (secondary N) is 2. The van der Waals surface area contributed by atoms with Gasteiger partial charge in [0.2, 0.25) is 0 Å². The van der Waals surface area contributed by atoms with E-state index in [1.807, 2.05) is 43.3 Å². The predicted molar refractivity (Wildman–Crippen MR) is 99.3 cm³/mol. The van der Waals surface area contributed by atoms with Crippen molar-refractivity contribution in [2.75, 3.05) is 11.9 Å². The van der Waals surface area contributed by atoms with Crippen molar-refractivity contribution in [3.63, 3.8) is 0 Å². The highest BCUT2D eigenvalue weighted by Crippen LogP contribution is 2.14. The van der Waals surface area contributed by atoms with Crippen LogP contribution in [0, 0.1) is 13.8 Å². The van der Waals surface area contributed by atoms with Gasteiger partial charge in [-0.1, -0.05) is 18.2 Å². The fourth-order valence-corrected chi connectivity index (χ4v) is 2.26. The standard InChI is InChI=1S/C19H24N4O/c1-4-21-18(24)16-7-5-6-15(11-16)12-22-19(20)23-17-9-8-13(2)14(3)10-17/h5-11H,4,12H2,1-3H3,(H,21,24)(H3,20,22,23). The number of hydrogen-bond acceptors (Lipinski definition) is 2. The lowest BCUT2D eigenvalue weighted by Crippen LogP contribution is -2.23. The summed E-state index contributed by atoms with van der Waals surface area (Å²) in [5.74, 6) is 0.270. The molecule has 5 nitrogen and oxygen atoms in total. The zero-order valence-corrected chi connectivity index (χ0v) is 14.4. The van der Waals surface area contributed by atoms with E-state index in [4.69, 9.17) is 5.73 Å². The molecule has 2 rings (SSSR count). The van der Waals surface area contributed by atoms with Crippen LogP contribution in [0.25, 0.3) is 0 Å². The zero-order valence-electron chi connectivity index (χ0n) is 14.4. The Morgan fingerprint density at radius 1 is 1.12 bits per heavy atom. The van der Waals surface area contributed by atoms with E-state index in [1.165, 1.54) is 11.1 Å². The minimum atomic E-state index is -0.0791. The summed E-state index contributed by atoms with van der Waals surface area (Å²) >= 11 is 0. The van der Waals surface area contributed by atoms with Gasteiger partial charge in [0.15, 0.2) is 5.96 Å². The van der Waals surface area contributed by atoms with Crippen LogP contribution in [0.1, 0.15) is 34.0 Å². The maximum atomic E-state index is 11.9. The average Bonchev–Trinajstić information content (AvgIpc) is 2.57. The Bertz CT molecular complexity index is 753. The number of carbonyl (C=O) groups is 1. The van der Waals surface area contributed by atoms with Gasteiger partial charge in [-0.25, -0.2) is 4.99 Å². The van der Waals surface area contributed by atoms with Crippen LogP contribution in [0.5, 0.6) is 0 Å². The molecule has 0 bridgehead atoms. The molecule has 0 aliphatic rings. The van der Waals surface area contributed by atoms with Crippen LogP contribution in [0.4, 0.5) is 5.69 Å². The second kappa shape index (κ2) is 8.15. The van der Waals surface area contributed by atoms with Gasteiger partial charge in [0, 0.05) is 17.8 Å². The molecule has 4 N–H and O–H groups in total. The Hall–Kier alpha value is -2.82. The Morgan fingerprint density at radius 3 is 2.62 bits per heavy atom. The summed E-state index contributed by atoms with van der Waals surface area (Å²) in [5, 5.41) is 5.87. The number of guanidine groups is 1. The Morgan fingerprint density at radius 2 is 1.92 bits per heavy atom. The number of amides is 1. The maximum absolute atomic E-state index is 11.9. The highest BCUT2D eigenvalue weighted by atomic mass is 16.1. The second-order valence-corrected chi connectivity index (χ2v) is 5.69. The number of rotatable bonds is 5. The molecule has 0 spiro atoms. The van der Waals surface area contributed by atoms with Crippen LogP contribution >= 0.6 is 0 Å². The van der Waals surface area contributed by atoms with Gasteiger partial charge in [0.25, 0.3) is 5.91 Å². The van der Waals surface area contributed by atoms with E-state index < -0.39 is 0 Å². The van der Waals surface area contributed by atoms with Crippen LogP contribution in [0.2, 0.25) is 0 Å². The molecule has 0 fully saturated rings. The maximum Gasteiger partial charge on any atom is 0.251 e. The Balaban J connectivity index is 2.02. The van der Waals surface area contributed by atoms with E-state index in [9.17, 15) is 4.79 Å². The summed E-state index contributed by atoms with van der Waals surface area (Å²) in [7, 11) is 0. The first-order valence-corrected chi connectivity index (χ1v) is 8.01. The smallest absolute Gasteiger partial charge is 0.251 e. The first kappa shape index (κ1) is 17.5. The monoisotopic (exact) mass is 324 g/mol. The minimum absolute atomic E-state index is 0.0791. The first-order valence-electron chi connectivity index (χ1n) is 8.01. The molecule has 1 amide bonds. The number of aliphatic imine (C=N–C) groups is 1. The topological polar surface area (TPSA) is 79.5 Å². The van der Waals surface area contributed by atoms with Crippen LogP contribution in [0.3, 0.4) is 0 Å². The van der Waals surface area contributed by atoms with Crippen molar-refractivity contribution in [3.8, 4) is 0 Å². The fourth-order valence-electron chi connectivity index (χ4n) is 2.26. The normalized spacial score (nSPS) is 11.2. The van der Waals surface area contributed by atoms with Gasteiger partial charge in [-0.15, -0.1) is 0 Å². The summed E-state index contributed by atoms with van der Waals surface area (Å²) < 4.78 is 0. The first-order chi connectivity index (χ1) is 11.5. The van der Waals surface area contributed by atoms with Gasteiger partial charge in [0.05, 0.1) is 6.54 Å². The third-order valence-electron chi connectivity index (χ3n) is 3.74. The lowest BCUT2D eigenvalue weighted by Gasteiger charge is -2.08. The van der Waals surface area contributed by atoms with Crippen LogP contribution in [0.15, 0.2) is 47.5 Å². The minimum Gasteiger partial charge on any atom is -0.370 e. The van der Waals surface area contributed by atoms with E-state index in [-0.39, 0.29) is 5.91 Å². The molecule has 24 heavy (non-hydrogen) atoms. The third-order valence-corrected chi connectivity index (χ3v) is 3.74. The number of nitrogens with two attached hydrogens (primary N) is 1. The number of benzene rings is 2. The van der Waals surface area contributed by atoms with E-state index in [0.717, 1.165) is 11.3 Å². The van der Waals surface area contributed by atoms with Crippen molar-refractivity contribution >= 4 is 17.6 Å². The quantitative estimate of drug-likeness (QED) is 0.584. The predicted octanol–water partition coefficient (Wildman–Crippen LogP) is 2.98. The van der Waals surface area contributed by atoms with E-state index >= 15 is 0 Å². The van der Waals surface area contributed by atoms with Crippen molar-refractivity contribution in [1.82, 2.24) is 5.32 Å². The van der Waals surface area contributed by atoms with E-state index in [1.54, 1.807) is 6.07 Å². The van der Waals surface area contributed by atoms with Gasteiger partial charge < -0.3 is 16.4 Å². The molecule has 2 aromatic rings. The van der Waals surface area contributed by atoms with Crippen LogP contribution in [-0.2, 0) is 6.54 Å². The second-order valence-electron chi connectivity index (χ2n) is 5.69. The molecule has 0 heterocycles. The molecule has 0 unspecified atom stereocenters. The molecule has 2 aromatic carbocycles. The number of aryl methyl sites for hydroxylation is 2. The molecule has 0 aliphatic carbocycles. The molecular formula is C19H24N4O. The van der Waals surface area contributed by atoms with Crippen molar-refractivity contribution in [1.29, 1.82) is 0 Å². The highest BCUT2D eigenvalue weighted by molar-refractivity contribution is 5.94. The van der Waals surface area contributed by atoms with Crippen molar-refractivity contribution in [2.45, 2.75) is 27.3 Å². The van der Waals surface area contributed by atoms with Gasteiger partial charge in [-0.2, -0.15) is 0 Å². The SMILES string of the molecule is CCNC(=O)c1cccc(CN=C(N)Nc2ccc(C)c(C)c2)c1. The van der Waals surface area contributed by atoms with E-state index in [2.05, 4.69) is 29.5 Å². The van der Waals surface area contributed by atoms with Gasteiger partial charge in [-0.05, 0) is 61.7 Å². The van der Waals surface area contributed by atoms with Crippen molar-refractivity contribution in [2.24, 2.45) is 10.7 Å². The number of hydrogen-bond donors (Lipinski definition) is 3. The summed E-state index contributed by atoms with van der Waals surface area (Å²) in [6.45, 7) is 7.04. The Kier molecular flexibility index (Phi) is 5.95. The molecule has 0 saturated heterocycles. The molecule has 0 saturated carbocycles. The lowest BCUT2D eigenvalue weighted by atomic mass is 10.1. The molecule has 0 atom stereocenters. The summed E-state index contributed by atoms with van der Waals surface area (Å²) in [6.07, 6.45) is 0. The van der Waals surface area contributed by atoms with Crippen LogP contribution < -0.4 is 16.4 Å². The van der Waals surface area contributed by atoms with Crippen molar-refractivity contribution < 1.29 is 4.79 Å². The number of carbonyl (C=O) groups excluding carboxylic acids is 1. The van der Waals surface area contributed by atoms with E-state index in [0.29, 0.717) is 24.6 Å². The molecule has 0 aromatic heterocycles. The highest BCUT2D eigenvalue weighted by Gasteiger charge is 2.04. The molecule has 0 radical (unpaired) electrons.